The summed E-state index contributed by atoms with van der Waals surface area (Å²) in [5.41, 5.74) is -1.15. The van der Waals surface area contributed by atoms with Crippen LogP contribution in [-0.4, -0.2) is 33.9 Å². The molecule has 2 rings (SSSR count). The fraction of sp³-hybridized carbons (Fsp3) is 0.917. The zero-order valence-electron chi connectivity index (χ0n) is 10.3. The van der Waals surface area contributed by atoms with E-state index in [9.17, 15) is 15.0 Å². The van der Waals surface area contributed by atoms with Crippen molar-refractivity contribution in [2.75, 3.05) is 0 Å². The summed E-state index contributed by atoms with van der Waals surface area (Å²) in [4.78, 5) is 11.5. The fourth-order valence-electron chi connectivity index (χ4n) is 2.70. The Labute approximate surface area is 101 Å². The van der Waals surface area contributed by atoms with Crippen LogP contribution >= 0.6 is 0 Å². The lowest BCUT2D eigenvalue weighted by Crippen LogP contribution is -2.59. The molecule has 1 saturated heterocycles. The number of esters is 1. The van der Waals surface area contributed by atoms with Crippen molar-refractivity contribution in [3.63, 3.8) is 0 Å². The van der Waals surface area contributed by atoms with E-state index in [1.54, 1.807) is 0 Å². The molecule has 17 heavy (non-hydrogen) atoms. The number of fused-ring (bicyclic) bond motifs is 1. The summed E-state index contributed by atoms with van der Waals surface area (Å²) in [5.74, 6) is -1.92. The second kappa shape index (κ2) is 4.23. The van der Waals surface area contributed by atoms with Crippen molar-refractivity contribution in [1.29, 1.82) is 0 Å². The van der Waals surface area contributed by atoms with Gasteiger partial charge in [-0.05, 0) is 26.7 Å². The van der Waals surface area contributed by atoms with E-state index in [0.717, 1.165) is 19.3 Å². The van der Waals surface area contributed by atoms with Crippen LogP contribution in [0.2, 0.25) is 0 Å². The number of rotatable bonds is 2. The Morgan fingerprint density at radius 1 is 1.47 bits per heavy atom. The molecule has 1 saturated carbocycles. The van der Waals surface area contributed by atoms with Crippen LogP contribution < -0.4 is 0 Å². The summed E-state index contributed by atoms with van der Waals surface area (Å²) in [6.45, 7) is 2.91. The Balaban J connectivity index is 2.19. The second-order valence-corrected chi connectivity index (χ2v) is 5.52. The minimum absolute atomic E-state index is 0.121. The summed E-state index contributed by atoms with van der Waals surface area (Å²) in [6, 6.07) is 0. The number of cyclic esters (lactones) is 1. The average Bonchev–Trinajstić information content (AvgIpc) is 2.17. The van der Waals surface area contributed by atoms with E-state index in [1.807, 2.05) is 0 Å². The lowest BCUT2D eigenvalue weighted by atomic mass is 9.72. The van der Waals surface area contributed by atoms with E-state index in [-0.39, 0.29) is 18.3 Å². The predicted octanol–water partition coefficient (Wildman–Crippen LogP) is 0.926. The Morgan fingerprint density at radius 3 is 2.82 bits per heavy atom. The summed E-state index contributed by atoms with van der Waals surface area (Å²) in [5, 5.41) is 20.3. The first-order valence-corrected chi connectivity index (χ1v) is 6.13. The van der Waals surface area contributed by atoms with Gasteiger partial charge in [0.25, 0.3) is 0 Å². The maximum absolute atomic E-state index is 11.5. The normalized spacial score (nSPS) is 38.5. The molecule has 0 amide bonds. The van der Waals surface area contributed by atoms with Gasteiger partial charge in [-0.15, -0.1) is 0 Å². The first kappa shape index (κ1) is 12.8. The van der Waals surface area contributed by atoms with E-state index < -0.39 is 17.7 Å². The van der Waals surface area contributed by atoms with Gasteiger partial charge < -0.3 is 19.7 Å². The Hall–Kier alpha value is -0.650. The van der Waals surface area contributed by atoms with Gasteiger partial charge in [-0.1, -0.05) is 12.8 Å². The molecule has 2 fully saturated rings. The van der Waals surface area contributed by atoms with Crippen molar-refractivity contribution < 1.29 is 24.5 Å². The molecule has 5 nitrogen and oxygen atoms in total. The number of hydrogen-bond donors (Lipinski definition) is 2. The molecule has 2 N–H and O–H groups in total. The SMILES string of the molecule is CC(C)(O)OC1OC(=O)C[C@@H]2CCCC[C@]12O. The van der Waals surface area contributed by atoms with Gasteiger partial charge in [-0.25, -0.2) is 0 Å². The third kappa shape index (κ3) is 2.61. The van der Waals surface area contributed by atoms with E-state index in [2.05, 4.69) is 0 Å². The summed E-state index contributed by atoms with van der Waals surface area (Å²) in [6.07, 6.45) is 2.42. The van der Waals surface area contributed by atoms with Crippen molar-refractivity contribution in [2.45, 2.75) is 63.6 Å². The first-order valence-electron chi connectivity index (χ1n) is 6.13. The van der Waals surface area contributed by atoms with E-state index in [1.165, 1.54) is 13.8 Å². The van der Waals surface area contributed by atoms with Crippen LogP contribution in [0.3, 0.4) is 0 Å². The van der Waals surface area contributed by atoms with Gasteiger partial charge in [-0.2, -0.15) is 0 Å². The topological polar surface area (TPSA) is 76.0 Å². The molecule has 3 atom stereocenters. The molecule has 5 heteroatoms. The van der Waals surface area contributed by atoms with Crippen molar-refractivity contribution >= 4 is 5.97 Å². The summed E-state index contributed by atoms with van der Waals surface area (Å²) >= 11 is 0. The smallest absolute Gasteiger partial charge is 0.308 e. The standard InChI is InChI=1S/C12H20O5/c1-11(2,14)17-10-12(15)6-4-3-5-8(12)7-9(13)16-10/h8,10,14-15H,3-7H2,1-2H3/t8-,10?,12+/m0/s1. The second-order valence-electron chi connectivity index (χ2n) is 5.52. The van der Waals surface area contributed by atoms with Crippen molar-refractivity contribution in [3.05, 3.63) is 0 Å². The van der Waals surface area contributed by atoms with Crippen LogP contribution in [0.1, 0.15) is 46.0 Å². The number of carbonyl (C=O) groups excluding carboxylic acids is 1. The monoisotopic (exact) mass is 244 g/mol. The highest BCUT2D eigenvalue weighted by Crippen LogP contribution is 2.43. The van der Waals surface area contributed by atoms with Crippen molar-refractivity contribution in [1.82, 2.24) is 0 Å². The largest absolute Gasteiger partial charge is 0.432 e. The van der Waals surface area contributed by atoms with Gasteiger partial charge in [0.2, 0.25) is 6.29 Å². The molecule has 1 heterocycles. The molecule has 1 unspecified atom stereocenters. The quantitative estimate of drug-likeness (QED) is 0.558. The van der Waals surface area contributed by atoms with E-state index >= 15 is 0 Å². The number of carbonyl (C=O) groups is 1. The molecule has 0 aromatic heterocycles. The van der Waals surface area contributed by atoms with Crippen molar-refractivity contribution in [2.24, 2.45) is 5.92 Å². The number of hydrogen-bond acceptors (Lipinski definition) is 5. The van der Waals surface area contributed by atoms with Crippen molar-refractivity contribution in [3.8, 4) is 0 Å². The third-order valence-electron chi connectivity index (χ3n) is 3.54. The predicted molar refractivity (Wildman–Crippen MR) is 58.8 cm³/mol. The molecular weight excluding hydrogens is 224 g/mol. The third-order valence-corrected chi connectivity index (χ3v) is 3.54. The first-order chi connectivity index (χ1) is 7.81. The van der Waals surface area contributed by atoms with Crippen LogP contribution in [0.25, 0.3) is 0 Å². The zero-order valence-corrected chi connectivity index (χ0v) is 10.3. The Morgan fingerprint density at radius 2 is 2.18 bits per heavy atom. The molecule has 0 bridgehead atoms. The Bertz CT molecular complexity index is 309. The maximum atomic E-state index is 11.5. The maximum Gasteiger partial charge on any atom is 0.308 e. The molecule has 0 radical (unpaired) electrons. The van der Waals surface area contributed by atoms with Gasteiger partial charge >= 0.3 is 5.97 Å². The minimum Gasteiger partial charge on any atom is -0.432 e. The van der Waals surface area contributed by atoms with Gasteiger partial charge in [0, 0.05) is 5.92 Å². The van der Waals surface area contributed by atoms with Crippen LogP contribution in [-0.2, 0) is 14.3 Å². The number of aliphatic hydroxyl groups is 2. The molecule has 0 aromatic rings. The summed E-state index contributed by atoms with van der Waals surface area (Å²) < 4.78 is 10.3. The van der Waals surface area contributed by atoms with Gasteiger partial charge in [0.1, 0.15) is 5.60 Å². The van der Waals surface area contributed by atoms with Gasteiger partial charge in [-0.3, -0.25) is 4.79 Å². The average molecular weight is 244 g/mol. The van der Waals surface area contributed by atoms with Crippen LogP contribution in [0.5, 0.6) is 0 Å². The zero-order chi connectivity index (χ0) is 12.7. The molecule has 0 spiro atoms. The lowest BCUT2D eigenvalue weighted by molar-refractivity contribution is -0.336. The highest BCUT2D eigenvalue weighted by molar-refractivity contribution is 5.71. The fourth-order valence-corrected chi connectivity index (χ4v) is 2.70. The van der Waals surface area contributed by atoms with Gasteiger partial charge in [0.05, 0.1) is 6.42 Å². The lowest BCUT2D eigenvalue weighted by Gasteiger charge is -2.47. The highest BCUT2D eigenvalue weighted by atomic mass is 16.8. The molecular formula is C12H20O5. The molecule has 1 aliphatic heterocycles. The molecule has 0 aromatic carbocycles. The van der Waals surface area contributed by atoms with Crippen LogP contribution in [0.4, 0.5) is 0 Å². The molecule has 2 aliphatic rings. The summed E-state index contributed by atoms with van der Waals surface area (Å²) in [7, 11) is 0. The van der Waals surface area contributed by atoms with E-state index in [4.69, 9.17) is 9.47 Å². The molecule has 1 aliphatic carbocycles. The van der Waals surface area contributed by atoms with Crippen LogP contribution in [0.15, 0.2) is 0 Å². The minimum atomic E-state index is -1.43. The molecule has 98 valence electrons. The van der Waals surface area contributed by atoms with Crippen LogP contribution in [0, 0.1) is 5.92 Å². The Kier molecular flexibility index (Phi) is 3.18. The van der Waals surface area contributed by atoms with E-state index in [0.29, 0.717) is 6.42 Å². The highest BCUT2D eigenvalue weighted by Gasteiger charge is 2.53. The number of ether oxygens (including phenoxy) is 2. The van der Waals surface area contributed by atoms with Gasteiger partial charge in [0.15, 0.2) is 5.79 Å².